The molecule has 0 saturated heterocycles. The molecule has 0 saturated carbocycles. The van der Waals surface area contributed by atoms with Crippen LogP contribution in [-0.4, -0.2) is 11.2 Å². The van der Waals surface area contributed by atoms with Crippen molar-refractivity contribution >= 4 is 12.0 Å². The van der Waals surface area contributed by atoms with Crippen LogP contribution >= 0.6 is 0 Å². The van der Waals surface area contributed by atoms with E-state index in [9.17, 15) is 0 Å². The number of aromatic nitrogens is 1. The molecule has 3 rings (SSSR count). The molecule has 3 nitrogen and oxygen atoms in total. The Kier molecular flexibility index (Phi) is 4.57. The highest BCUT2D eigenvalue weighted by Gasteiger charge is 2.01. The zero-order valence-electron chi connectivity index (χ0n) is 12.1. The molecule has 0 N–H and O–H groups in total. The maximum absolute atomic E-state index is 5.90. The molecule has 22 heavy (non-hydrogen) atoms. The van der Waals surface area contributed by atoms with Gasteiger partial charge in [0.1, 0.15) is 12.4 Å². The molecule has 0 unspecified atom stereocenters. The summed E-state index contributed by atoms with van der Waals surface area (Å²) >= 11 is 0. The largest absolute Gasteiger partial charge is 0.488 e. The lowest BCUT2D eigenvalue weighted by Gasteiger charge is -2.08. The van der Waals surface area contributed by atoms with Crippen molar-refractivity contribution < 1.29 is 4.74 Å². The summed E-state index contributed by atoms with van der Waals surface area (Å²) in [5.74, 6) is 1.49. The normalized spacial score (nSPS) is 10.7. The fraction of sp³-hybridized carbons (Fsp3) is 0.0526. The van der Waals surface area contributed by atoms with Crippen LogP contribution < -0.4 is 4.74 Å². The van der Waals surface area contributed by atoms with Crippen molar-refractivity contribution in [3.8, 4) is 5.75 Å². The first-order chi connectivity index (χ1) is 10.9. The van der Waals surface area contributed by atoms with Gasteiger partial charge in [-0.3, -0.25) is 0 Å². The molecule has 0 spiro atoms. The zero-order chi connectivity index (χ0) is 15.0. The Morgan fingerprint density at radius 2 is 1.64 bits per heavy atom. The van der Waals surface area contributed by atoms with Crippen LogP contribution in [0.3, 0.4) is 0 Å². The van der Waals surface area contributed by atoms with Gasteiger partial charge in [-0.1, -0.05) is 48.5 Å². The van der Waals surface area contributed by atoms with E-state index in [2.05, 4.69) is 9.98 Å². The van der Waals surface area contributed by atoms with E-state index in [4.69, 9.17) is 4.74 Å². The number of ether oxygens (including phenoxy) is 1. The second-order valence-electron chi connectivity index (χ2n) is 4.76. The highest BCUT2D eigenvalue weighted by Crippen LogP contribution is 2.18. The number of para-hydroxylation sites is 1. The minimum Gasteiger partial charge on any atom is -0.488 e. The van der Waals surface area contributed by atoms with Gasteiger partial charge in [-0.2, -0.15) is 0 Å². The number of aliphatic imine (C=N–C) groups is 1. The summed E-state index contributed by atoms with van der Waals surface area (Å²) in [5.41, 5.74) is 2.07. The summed E-state index contributed by atoms with van der Waals surface area (Å²) in [5, 5.41) is 0. The van der Waals surface area contributed by atoms with Crippen molar-refractivity contribution in [2.45, 2.75) is 6.61 Å². The third-order valence-corrected chi connectivity index (χ3v) is 3.14. The van der Waals surface area contributed by atoms with Gasteiger partial charge in [0.25, 0.3) is 0 Å². The van der Waals surface area contributed by atoms with E-state index >= 15 is 0 Å². The first-order valence-corrected chi connectivity index (χ1v) is 7.13. The topological polar surface area (TPSA) is 34.5 Å². The second-order valence-corrected chi connectivity index (χ2v) is 4.76. The Hall–Kier alpha value is -2.94. The van der Waals surface area contributed by atoms with Crippen LogP contribution in [-0.2, 0) is 6.61 Å². The van der Waals surface area contributed by atoms with Crippen LogP contribution in [0.25, 0.3) is 0 Å². The third kappa shape index (κ3) is 3.79. The molecule has 1 heterocycles. The van der Waals surface area contributed by atoms with Gasteiger partial charge in [-0.05, 0) is 29.8 Å². The summed E-state index contributed by atoms with van der Waals surface area (Å²) in [4.78, 5) is 8.55. The number of rotatable bonds is 5. The van der Waals surface area contributed by atoms with Gasteiger partial charge in [-0.25, -0.2) is 9.98 Å². The number of pyridine rings is 1. The smallest absolute Gasteiger partial charge is 0.151 e. The van der Waals surface area contributed by atoms with E-state index in [1.165, 1.54) is 0 Å². The fourth-order valence-electron chi connectivity index (χ4n) is 2.02. The van der Waals surface area contributed by atoms with Gasteiger partial charge in [0, 0.05) is 18.0 Å². The van der Waals surface area contributed by atoms with Gasteiger partial charge in [0.15, 0.2) is 5.82 Å². The maximum atomic E-state index is 5.90. The van der Waals surface area contributed by atoms with Crippen LogP contribution in [0.4, 0.5) is 5.82 Å². The minimum atomic E-state index is 0.537. The van der Waals surface area contributed by atoms with E-state index in [1.54, 1.807) is 12.4 Å². The molecule has 0 aliphatic heterocycles. The Balaban J connectivity index is 1.74. The minimum absolute atomic E-state index is 0.537. The predicted octanol–water partition coefficient (Wildman–Crippen LogP) is 4.41. The summed E-state index contributed by atoms with van der Waals surface area (Å²) in [7, 11) is 0. The van der Waals surface area contributed by atoms with Crippen LogP contribution in [0.15, 0.2) is 84.0 Å². The molecule has 0 amide bonds. The molecule has 0 aliphatic rings. The van der Waals surface area contributed by atoms with Gasteiger partial charge >= 0.3 is 0 Å². The van der Waals surface area contributed by atoms with Gasteiger partial charge in [0.05, 0.1) is 0 Å². The summed E-state index contributed by atoms with van der Waals surface area (Å²) in [6.45, 7) is 0.537. The summed E-state index contributed by atoms with van der Waals surface area (Å²) in [6.07, 6.45) is 3.51. The quantitative estimate of drug-likeness (QED) is 0.652. The van der Waals surface area contributed by atoms with Crippen molar-refractivity contribution in [2.24, 2.45) is 4.99 Å². The summed E-state index contributed by atoms with van der Waals surface area (Å²) in [6, 6.07) is 23.6. The number of hydrogen-bond donors (Lipinski definition) is 0. The molecule has 1 aromatic heterocycles. The molecular weight excluding hydrogens is 272 g/mol. The number of hydrogen-bond acceptors (Lipinski definition) is 3. The van der Waals surface area contributed by atoms with E-state index in [0.717, 1.165) is 16.9 Å². The molecule has 0 bridgehead atoms. The zero-order valence-corrected chi connectivity index (χ0v) is 12.1. The van der Waals surface area contributed by atoms with E-state index in [-0.39, 0.29) is 0 Å². The van der Waals surface area contributed by atoms with E-state index in [1.807, 2.05) is 72.8 Å². The Morgan fingerprint density at radius 3 is 2.45 bits per heavy atom. The molecular formula is C19H16N2O. The monoisotopic (exact) mass is 288 g/mol. The highest BCUT2D eigenvalue weighted by molar-refractivity contribution is 5.85. The van der Waals surface area contributed by atoms with Crippen molar-refractivity contribution in [3.05, 3.63) is 90.1 Å². The second kappa shape index (κ2) is 7.18. The third-order valence-electron chi connectivity index (χ3n) is 3.14. The SMILES string of the molecule is C(=N\c1ccccn1)/c1ccccc1OCc1ccccc1. The lowest BCUT2D eigenvalue weighted by atomic mass is 10.2. The van der Waals surface area contributed by atoms with Crippen LogP contribution in [0.5, 0.6) is 5.75 Å². The number of nitrogens with zero attached hydrogens (tertiary/aromatic N) is 2. The van der Waals surface area contributed by atoms with Crippen LogP contribution in [0.2, 0.25) is 0 Å². The van der Waals surface area contributed by atoms with Crippen molar-refractivity contribution in [1.29, 1.82) is 0 Å². The lowest BCUT2D eigenvalue weighted by Crippen LogP contribution is -1.98. The lowest BCUT2D eigenvalue weighted by molar-refractivity contribution is 0.306. The van der Waals surface area contributed by atoms with Gasteiger partial charge in [-0.15, -0.1) is 0 Å². The Morgan fingerprint density at radius 1 is 0.864 bits per heavy atom. The Labute approximate surface area is 130 Å². The maximum Gasteiger partial charge on any atom is 0.151 e. The van der Waals surface area contributed by atoms with Crippen LogP contribution in [0.1, 0.15) is 11.1 Å². The van der Waals surface area contributed by atoms with Gasteiger partial charge in [0.2, 0.25) is 0 Å². The average molecular weight is 288 g/mol. The van der Waals surface area contributed by atoms with E-state index in [0.29, 0.717) is 12.4 Å². The predicted molar refractivity (Wildman–Crippen MR) is 88.7 cm³/mol. The molecule has 3 aromatic rings. The number of benzene rings is 2. The van der Waals surface area contributed by atoms with E-state index < -0.39 is 0 Å². The first-order valence-electron chi connectivity index (χ1n) is 7.13. The van der Waals surface area contributed by atoms with Crippen molar-refractivity contribution in [1.82, 2.24) is 4.98 Å². The molecule has 2 aromatic carbocycles. The molecule has 108 valence electrons. The molecule has 0 fully saturated rings. The van der Waals surface area contributed by atoms with Crippen LogP contribution in [0, 0.1) is 0 Å². The fourth-order valence-corrected chi connectivity index (χ4v) is 2.02. The highest BCUT2D eigenvalue weighted by atomic mass is 16.5. The molecule has 0 aliphatic carbocycles. The standard InChI is InChI=1S/C19H16N2O/c1-2-8-16(9-3-1)15-22-18-11-5-4-10-17(18)14-21-19-12-6-7-13-20-19/h1-14H,15H2/b21-14+. The molecule has 3 heteroatoms. The van der Waals surface area contributed by atoms with Crippen molar-refractivity contribution in [3.63, 3.8) is 0 Å². The van der Waals surface area contributed by atoms with Crippen molar-refractivity contribution in [2.75, 3.05) is 0 Å². The molecule has 0 atom stereocenters. The summed E-state index contributed by atoms with van der Waals surface area (Å²) < 4.78 is 5.90. The van der Waals surface area contributed by atoms with Gasteiger partial charge < -0.3 is 4.74 Å². The molecule has 0 radical (unpaired) electrons. The Bertz CT molecular complexity index is 740. The average Bonchev–Trinajstić information content (AvgIpc) is 2.61. The first kappa shape index (κ1) is 14.0.